The number of rotatable bonds is 11. The number of nitrogens with one attached hydrogen (secondary N) is 3. The van der Waals surface area contributed by atoms with Gasteiger partial charge in [0.05, 0.1) is 17.2 Å². The molecule has 1 saturated carbocycles. The SMILES string of the molecule is COC(C)(C)C(=O)NCc1ccc(C(F)(F)F)c(Nc2nc3cc(C(=O)NC4CCC(C(F)(F)F)CC4)c(OCC(F)F)nc3n2C)c1. The molecule has 3 N–H and O–H groups in total. The average Bonchev–Trinajstić information content (AvgIpc) is 3.30. The van der Waals surface area contributed by atoms with Gasteiger partial charge in [-0.3, -0.25) is 14.2 Å². The summed E-state index contributed by atoms with van der Waals surface area (Å²) in [5.74, 6) is -3.54. The number of hydrogen-bond donors (Lipinski definition) is 3. The Balaban J connectivity index is 1.64. The predicted molar refractivity (Wildman–Crippen MR) is 157 cm³/mol. The van der Waals surface area contributed by atoms with E-state index in [4.69, 9.17) is 9.47 Å². The number of pyridine rings is 1. The molecule has 1 aromatic carbocycles. The van der Waals surface area contributed by atoms with E-state index in [0.717, 1.165) is 12.1 Å². The standard InChI is InChI=1S/C30H34F8N6O4/c1-28(2,47-4)26(46)39-13-15-5-10-19(30(36,37)38)20(11-15)41-27-42-21-12-18(25(48-14-22(31)32)43-23(21)44(27)3)24(45)40-17-8-6-16(7-9-17)29(33,34)35/h5,10-12,16-17,22H,6-9,13-14H2,1-4H3,(H,39,46)(H,40,45)(H,41,42). The van der Waals surface area contributed by atoms with E-state index in [-0.39, 0.29) is 54.9 Å². The number of aryl methyl sites for hydroxylation is 1. The van der Waals surface area contributed by atoms with E-state index in [1.807, 2.05) is 0 Å². The third-order valence-corrected chi connectivity index (χ3v) is 8.07. The molecule has 0 aliphatic heterocycles. The van der Waals surface area contributed by atoms with Crippen molar-refractivity contribution in [2.24, 2.45) is 13.0 Å². The zero-order chi connectivity index (χ0) is 35.6. The van der Waals surface area contributed by atoms with Crippen LogP contribution in [0.5, 0.6) is 5.88 Å². The van der Waals surface area contributed by atoms with Gasteiger partial charge in [0.1, 0.15) is 16.7 Å². The number of anilines is 2. The normalized spacial score (nSPS) is 17.4. The summed E-state index contributed by atoms with van der Waals surface area (Å²) in [5, 5.41) is 7.80. The molecule has 1 fully saturated rings. The number of methoxy groups -OCH3 is 1. The molecule has 264 valence electrons. The number of aromatic nitrogens is 3. The van der Waals surface area contributed by atoms with Crippen LogP contribution in [0, 0.1) is 5.92 Å². The first-order valence-electron chi connectivity index (χ1n) is 14.8. The molecular weight excluding hydrogens is 660 g/mol. The second-order valence-electron chi connectivity index (χ2n) is 11.8. The van der Waals surface area contributed by atoms with Crippen LogP contribution in [0.1, 0.15) is 61.0 Å². The lowest BCUT2D eigenvalue weighted by molar-refractivity contribution is -0.182. The molecule has 0 unspecified atom stereocenters. The van der Waals surface area contributed by atoms with Crippen LogP contribution in [0.4, 0.5) is 46.8 Å². The van der Waals surface area contributed by atoms with Crippen LogP contribution in [0.3, 0.4) is 0 Å². The van der Waals surface area contributed by atoms with Crippen molar-refractivity contribution in [3.63, 3.8) is 0 Å². The Hall–Kier alpha value is -4.22. The number of carbonyl (C=O) groups excluding carboxylic acids is 2. The maximum absolute atomic E-state index is 14.0. The highest BCUT2D eigenvalue weighted by Gasteiger charge is 2.42. The van der Waals surface area contributed by atoms with Crippen LogP contribution >= 0.6 is 0 Å². The van der Waals surface area contributed by atoms with Crippen molar-refractivity contribution in [2.75, 3.05) is 19.0 Å². The Labute approximate surface area is 269 Å². The molecule has 0 spiro atoms. The molecule has 0 radical (unpaired) electrons. The Morgan fingerprint density at radius 1 is 1.02 bits per heavy atom. The van der Waals surface area contributed by atoms with E-state index >= 15 is 0 Å². The number of ether oxygens (including phenoxy) is 2. The molecule has 2 heterocycles. The summed E-state index contributed by atoms with van der Waals surface area (Å²) >= 11 is 0. The van der Waals surface area contributed by atoms with Crippen molar-refractivity contribution < 1.29 is 54.2 Å². The first-order valence-corrected chi connectivity index (χ1v) is 14.8. The van der Waals surface area contributed by atoms with Gasteiger partial charge >= 0.3 is 12.4 Å². The number of nitrogens with zero attached hydrogens (tertiary/aromatic N) is 3. The van der Waals surface area contributed by atoms with Gasteiger partial charge in [-0.05, 0) is 63.3 Å². The minimum Gasteiger partial charge on any atom is -0.471 e. The Bertz CT molecular complexity index is 1630. The highest BCUT2D eigenvalue weighted by atomic mass is 19.4. The lowest BCUT2D eigenvalue weighted by atomic mass is 9.85. The average molecular weight is 695 g/mol. The summed E-state index contributed by atoms with van der Waals surface area (Å²) in [4.78, 5) is 34.0. The van der Waals surface area contributed by atoms with E-state index in [2.05, 4.69) is 25.9 Å². The van der Waals surface area contributed by atoms with Crippen molar-refractivity contribution in [1.29, 1.82) is 0 Å². The second-order valence-corrected chi connectivity index (χ2v) is 11.8. The Morgan fingerprint density at radius 2 is 1.69 bits per heavy atom. The molecule has 4 rings (SSSR count). The summed E-state index contributed by atoms with van der Waals surface area (Å²) in [6, 6.07) is 3.71. The molecule has 48 heavy (non-hydrogen) atoms. The first-order chi connectivity index (χ1) is 22.3. The highest BCUT2D eigenvalue weighted by molar-refractivity contribution is 5.99. The quantitative estimate of drug-likeness (QED) is 0.203. The monoisotopic (exact) mass is 694 g/mol. The van der Waals surface area contributed by atoms with Gasteiger partial charge in [-0.25, -0.2) is 13.8 Å². The molecule has 2 aromatic heterocycles. The van der Waals surface area contributed by atoms with E-state index in [1.54, 1.807) is 0 Å². The van der Waals surface area contributed by atoms with Crippen LogP contribution in [0.25, 0.3) is 11.2 Å². The predicted octanol–water partition coefficient (Wildman–Crippen LogP) is 6.27. The summed E-state index contributed by atoms with van der Waals surface area (Å²) in [7, 11) is 2.71. The summed E-state index contributed by atoms with van der Waals surface area (Å²) in [6.07, 6.45) is -12.4. The molecule has 0 atom stereocenters. The molecular formula is C30H34F8N6O4. The van der Waals surface area contributed by atoms with E-state index in [0.29, 0.717) is 5.56 Å². The van der Waals surface area contributed by atoms with E-state index in [1.165, 1.54) is 44.7 Å². The number of benzene rings is 1. The van der Waals surface area contributed by atoms with Crippen molar-refractivity contribution in [2.45, 2.75) is 76.5 Å². The fraction of sp³-hybridized carbons (Fsp3) is 0.533. The number of halogens is 8. The number of hydrogen-bond acceptors (Lipinski definition) is 7. The fourth-order valence-electron chi connectivity index (χ4n) is 5.11. The first kappa shape index (κ1) is 36.6. The van der Waals surface area contributed by atoms with Crippen LogP contribution in [0.2, 0.25) is 0 Å². The molecule has 18 heteroatoms. The number of fused-ring (bicyclic) bond motifs is 1. The van der Waals surface area contributed by atoms with Gasteiger partial charge < -0.3 is 25.4 Å². The summed E-state index contributed by atoms with van der Waals surface area (Å²) in [6.45, 7) is 1.76. The third kappa shape index (κ3) is 8.62. The van der Waals surface area contributed by atoms with Crippen LogP contribution in [-0.4, -0.2) is 64.3 Å². The van der Waals surface area contributed by atoms with Crippen LogP contribution in [-0.2, 0) is 29.3 Å². The van der Waals surface area contributed by atoms with Gasteiger partial charge in [0.2, 0.25) is 11.8 Å². The maximum atomic E-state index is 14.0. The Kier molecular flexibility index (Phi) is 10.8. The highest BCUT2D eigenvalue weighted by Crippen LogP contribution is 2.39. The van der Waals surface area contributed by atoms with Crippen molar-refractivity contribution in [3.8, 4) is 5.88 Å². The molecule has 3 aromatic rings. The Morgan fingerprint density at radius 3 is 2.27 bits per heavy atom. The van der Waals surface area contributed by atoms with Crippen molar-refractivity contribution >= 4 is 34.6 Å². The molecule has 10 nitrogen and oxygen atoms in total. The number of imidazole rings is 1. The largest absolute Gasteiger partial charge is 0.471 e. The van der Waals surface area contributed by atoms with Gasteiger partial charge in [0.25, 0.3) is 18.2 Å². The van der Waals surface area contributed by atoms with E-state index < -0.39 is 71.9 Å². The second kappa shape index (κ2) is 14.1. The van der Waals surface area contributed by atoms with Crippen LogP contribution in [0.15, 0.2) is 24.3 Å². The van der Waals surface area contributed by atoms with Crippen molar-refractivity contribution in [3.05, 3.63) is 41.0 Å². The lowest BCUT2D eigenvalue weighted by Crippen LogP contribution is -2.43. The molecule has 0 bridgehead atoms. The summed E-state index contributed by atoms with van der Waals surface area (Å²) in [5.41, 5.74) is -2.77. The zero-order valence-corrected chi connectivity index (χ0v) is 26.3. The topological polar surface area (TPSA) is 119 Å². The third-order valence-electron chi connectivity index (χ3n) is 8.07. The molecule has 0 saturated heterocycles. The summed E-state index contributed by atoms with van der Waals surface area (Å²) < 4.78 is 119. The maximum Gasteiger partial charge on any atom is 0.418 e. The van der Waals surface area contributed by atoms with E-state index in [9.17, 15) is 44.7 Å². The number of amides is 2. The molecule has 1 aliphatic rings. The van der Waals surface area contributed by atoms with Crippen molar-refractivity contribution in [1.82, 2.24) is 25.2 Å². The van der Waals surface area contributed by atoms with Gasteiger partial charge in [-0.1, -0.05) is 6.07 Å². The molecule has 2 amide bonds. The van der Waals surface area contributed by atoms with Gasteiger partial charge in [-0.2, -0.15) is 31.3 Å². The fourth-order valence-corrected chi connectivity index (χ4v) is 5.11. The number of alkyl halides is 8. The van der Waals surface area contributed by atoms with Crippen LogP contribution < -0.4 is 20.7 Å². The van der Waals surface area contributed by atoms with Gasteiger partial charge in [0.15, 0.2) is 12.3 Å². The smallest absolute Gasteiger partial charge is 0.418 e. The lowest BCUT2D eigenvalue weighted by Gasteiger charge is -2.30. The van der Waals surface area contributed by atoms with Gasteiger partial charge in [0, 0.05) is 26.7 Å². The number of carbonyl (C=O) groups is 2. The zero-order valence-electron chi connectivity index (χ0n) is 26.3. The minimum absolute atomic E-state index is 0.0194. The molecule has 1 aliphatic carbocycles. The minimum atomic E-state index is -4.80. The van der Waals surface area contributed by atoms with Gasteiger partial charge in [-0.15, -0.1) is 0 Å².